The lowest BCUT2D eigenvalue weighted by atomic mass is 10.1. The number of halogens is 1. The number of hydrogen-bond acceptors (Lipinski definition) is 6. The molecule has 2 aromatic rings. The summed E-state index contributed by atoms with van der Waals surface area (Å²) in [7, 11) is 0. The summed E-state index contributed by atoms with van der Waals surface area (Å²) >= 11 is 7.99. The third-order valence-electron chi connectivity index (χ3n) is 5.98. The number of nitrogens with zero attached hydrogens (tertiary/aromatic N) is 4. The highest BCUT2D eigenvalue weighted by molar-refractivity contribution is 8.02. The smallest absolute Gasteiger partial charge is 0.191 e. The largest absolute Gasteiger partial charge is 0.292 e. The van der Waals surface area contributed by atoms with Gasteiger partial charge in [0, 0.05) is 12.1 Å². The zero-order chi connectivity index (χ0) is 24.0. The topological polar surface area (TPSA) is 48.3 Å². The van der Waals surface area contributed by atoms with Crippen LogP contribution in [0.2, 0.25) is 0 Å². The number of Topliss-reactive ketones (excluding diaryl/α,β-unsaturated/α-hetero) is 1. The van der Waals surface area contributed by atoms with Crippen molar-refractivity contribution in [3.8, 4) is 0 Å². The first kappa shape index (κ1) is 26.6. The molecule has 1 aliphatic rings. The van der Waals surface area contributed by atoms with Crippen LogP contribution in [0.4, 0.5) is 5.69 Å². The maximum absolute atomic E-state index is 12.9. The van der Waals surface area contributed by atoms with Gasteiger partial charge in [0.25, 0.3) is 0 Å². The number of anilines is 1. The number of hydrogen-bond donors (Lipinski definition) is 0. The molecule has 0 aromatic heterocycles. The predicted octanol–water partition coefficient (Wildman–Crippen LogP) is 8.48. The summed E-state index contributed by atoms with van der Waals surface area (Å²) in [5, 5.41) is 12.7. The maximum atomic E-state index is 12.9. The number of ketones is 1. The molecule has 0 spiro atoms. The van der Waals surface area contributed by atoms with Crippen molar-refractivity contribution in [3.05, 3.63) is 66.2 Å². The van der Waals surface area contributed by atoms with E-state index in [-0.39, 0.29) is 11.3 Å². The van der Waals surface area contributed by atoms with Crippen LogP contribution >= 0.6 is 23.4 Å². The van der Waals surface area contributed by atoms with Gasteiger partial charge in [-0.3, -0.25) is 4.79 Å². The lowest BCUT2D eigenvalue weighted by Gasteiger charge is -2.28. The van der Waals surface area contributed by atoms with E-state index in [2.05, 4.69) is 17.4 Å². The minimum atomic E-state index is -0.725. The van der Waals surface area contributed by atoms with Gasteiger partial charge in [-0.1, -0.05) is 130 Å². The van der Waals surface area contributed by atoms with Crippen molar-refractivity contribution in [2.75, 3.05) is 11.6 Å². The Morgan fingerprint density at radius 1 is 0.853 bits per heavy atom. The number of benzene rings is 2. The first-order valence-corrected chi connectivity index (χ1v) is 14.0. The van der Waals surface area contributed by atoms with Crippen LogP contribution in [-0.4, -0.2) is 27.5 Å². The van der Waals surface area contributed by atoms with E-state index >= 15 is 0 Å². The Kier molecular flexibility index (Phi) is 11.8. The highest BCUT2D eigenvalue weighted by atomic mass is 35.5. The van der Waals surface area contributed by atoms with E-state index in [1.165, 1.54) is 69.5 Å². The van der Waals surface area contributed by atoms with E-state index < -0.39 is 4.71 Å². The second-order valence-corrected chi connectivity index (χ2v) is 10.6. The monoisotopic (exact) mass is 500 g/mol. The first-order valence-electron chi connectivity index (χ1n) is 12.6. The molecule has 0 radical (unpaired) electrons. The van der Waals surface area contributed by atoms with Gasteiger partial charge < -0.3 is 0 Å². The van der Waals surface area contributed by atoms with Crippen LogP contribution in [-0.2, 0) is 0 Å². The quantitative estimate of drug-likeness (QED) is 0.132. The molecule has 0 bridgehead atoms. The highest BCUT2D eigenvalue weighted by Crippen LogP contribution is 2.36. The average Bonchev–Trinajstić information content (AvgIpc) is 3.27. The van der Waals surface area contributed by atoms with E-state index in [0.717, 1.165) is 18.7 Å². The molecule has 5 nitrogen and oxygen atoms in total. The predicted molar refractivity (Wildman–Crippen MR) is 144 cm³/mol. The van der Waals surface area contributed by atoms with Gasteiger partial charge in [-0.25, -0.2) is 10.0 Å². The van der Waals surface area contributed by atoms with E-state index in [1.807, 2.05) is 58.5 Å². The third kappa shape index (κ3) is 8.31. The van der Waals surface area contributed by atoms with Crippen molar-refractivity contribution in [1.29, 1.82) is 0 Å². The number of alkyl halides is 1. The van der Waals surface area contributed by atoms with Gasteiger partial charge in [-0.2, -0.15) is 0 Å². The lowest BCUT2D eigenvalue weighted by Crippen LogP contribution is -2.38. The van der Waals surface area contributed by atoms with Crippen LogP contribution in [0, 0.1) is 0 Å². The second kappa shape index (κ2) is 15.0. The number of unbranched alkanes of at least 4 members (excludes halogenated alkanes) is 9. The fourth-order valence-corrected chi connectivity index (χ4v) is 5.46. The Bertz CT molecular complexity index is 867. The van der Waals surface area contributed by atoms with Crippen LogP contribution in [0.3, 0.4) is 0 Å². The van der Waals surface area contributed by atoms with Crippen LogP contribution in [0.5, 0.6) is 0 Å². The number of rotatable bonds is 16. The molecule has 0 saturated heterocycles. The van der Waals surface area contributed by atoms with Crippen molar-refractivity contribution in [1.82, 2.24) is 5.01 Å². The molecule has 2 aromatic carbocycles. The van der Waals surface area contributed by atoms with Gasteiger partial charge in [0.2, 0.25) is 0 Å². The molecular weight excluding hydrogens is 464 g/mol. The molecule has 0 fully saturated rings. The molecule has 0 saturated carbocycles. The molecular formula is C27H37ClN4OS. The SMILES string of the molecule is CCCCCCCCCCCCN1N=NN(c2ccccc2)C1SC(Cl)C(=O)c1ccccc1. The fourth-order valence-electron chi connectivity index (χ4n) is 4.02. The average molecular weight is 501 g/mol. The summed E-state index contributed by atoms with van der Waals surface area (Å²) in [5.41, 5.74) is 1.30. The minimum Gasteiger partial charge on any atom is -0.292 e. The fraction of sp³-hybridized carbons (Fsp3) is 0.519. The molecule has 7 heteroatoms. The van der Waals surface area contributed by atoms with Gasteiger partial charge in [0.15, 0.2) is 11.3 Å². The maximum Gasteiger partial charge on any atom is 0.191 e. The summed E-state index contributed by atoms with van der Waals surface area (Å²) in [6, 6.07) is 19.1. The summed E-state index contributed by atoms with van der Waals surface area (Å²) in [4.78, 5) is 12.9. The van der Waals surface area contributed by atoms with Crippen molar-refractivity contribution in [2.24, 2.45) is 10.4 Å². The van der Waals surface area contributed by atoms with Gasteiger partial charge in [0.1, 0.15) is 4.71 Å². The van der Waals surface area contributed by atoms with Gasteiger partial charge in [-0.05, 0) is 23.8 Å². The number of para-hydroxylation sites is 1. The van der Waals surface area contributed by atoms with Crippen LogP contribution in [0.1, 0.15) is 81.5 Å². The standard InChI is InChI=1S/C27H37ClN4OS/c1-2-3-4-5-6-7-8-9-10-17-22-31-27(32(30-29-31)24-20-15-12-16-21-24)34-26(28)25(33)23-18-13-11-14-19-23/h11-16,18-21,26-27H,2-10,17,22H2,1H3. The zero-order valence-electron chi connectivity index (χ0n) is 20.2. The molecule has 34 heavy (non-hydrogen) atoms. The molecule has 1 heterocycles. The normalized spacial score (nSPS) is 16.2. The Morgan fingerprint density at radius 2 is 1.41 bits per heavy atom. The molecule has 0 aliphatic carbocycles. The van der Waals surface area contributed by atoms with Crippen LogP contribution in [0.15, 0.2) is 71.1 Å². The molecule has 184 valence electrons. The first-order chi connectivity index (χ1) is 16.7. The van der Waals surface area contributed by atoms with E-state index in [4.69, 9.17) is 11.6 Å². The molecule has 2 atom stereocenters. The van der Waals surface area contributed by atoms with Crippen molar-refractivity contribution in [3.63, 3.8) is 0 Å². The highest BCUT2D eigenvalue weighted by Gasteiger charge is 2.35. The molecule has 0 N–H and O–H groups in total. The Balaban J connectivity index is 1.50. The molecule has 2 unspecified atom stereocenters. The zero-order valence-corrected chi connectivity index (χ0v) is 21.8. The second-order valence-electron chi connectivity index (χ2n) is 8.71. The Hall–Kier alpha value is -2.05. The Labute approximate surface area is 213 Å². The van der Waals surface area contributed by atoms with Crippen molar-refractivity contribution in [2.45, 2.75) is 81.3 Å². The van der Waals surface area contributed by atoms with Crippen LogP contribution < -0.4 is 5.01 Å². The summed E-state index contributed by atoms with van der Waals surface area (Å²) in [6.45, 7) is 3.06. The molecule has 0 amide bonds. The lowest BCUT2D eigenvalue weighted by molar-refractivity contribution is 0.101. The molecule has 3 rings (SSSR count). The van der Waals surface area contributed by atoms with Gasteiger partial charge >= 0.3 is 0 Å². The van der Waals surface area contributed by atoms with Gasteiger partial charge in [-0.15, -0.1) is 11.6 Å². The van der Waals surface area contributed by atoms with Gasteiger partial charge in [0.05, 0.1) is 5.69 Å². The van der Waals surface area contributed by atoms with E-state index in [9.17, 15) is 4.79 Å². The Morgan fingerprint density at radius 3 is 2.03 bits per heavy atom. The molecule has 1 aliphatic heterocycles. The van der Waals surface area contributed by atoms with Crippen molar-refractivity contribution >= 4 is 34.8 Å². The third-order valence-corrected chi connectivity index (χ3v) is 7.63. The van der Waals surface area contributed by atoms with Crippen molar-refractivity contribution < 1.29 is 4.79 Å². The van der Waals surface area contributed by atoms with E-state index in [1.54, 1.807) is 12.1 Å². The van der Waals surface area contributed by atoms with E-state index in [0.29, 0.717) is 5.56 Å². The van der Waals surface area contributed by atoms with Crippen LogP contribution in [0.25, 0.3) is 0 Å². The minimum absolute atomic E-state index is 0.0916. The summed E-state index contributed by atoms with van der Waals surface area (Å²) in [6.07, 6.45) is 12.9. The number of carbonyl (C=O) groups is 1. The number of carbonyl (C=O) groups excluding carboxylic acids is 1. The summed E-state index contributed by atoms with van der Waals surface area (Å²) in [5.74, 6) is -0.0916. The summed E-state index contributed by atoms with van der Waals surface area (Å²) < 4.78 is -0.725. The number of thioether (sulfide) groups is 1.